The number of carbonyl (C=O) groups excluding carboxylic acids is 1. The maximum absolute atomic E-state index is 10.9. The highest BCUT2D eigenvalue weighted by atomic mass is 16.5. The minimum Gasteiger partial charge on any atom is -0.482 e. The van der Waals surface area contributed by atoms with Crippen LogP contribution >= 0.6 is 0 Å². The third-order valence-corrected chi connectivity index (χ3v) is 1.41. The first kappa shape index (κ1) is 7.12. The molecule has 0 amide bonds. The van der Waals surface area contributed by atoms with Crippen LogP contribution in [0.4, 0.5) is 0 Å². The van der Waals surface area contributed by atoms with E-state index in [9.17, 15) is 4.79 Å². The van der Waals surface area contributed by atoms with Crippen molar-refractivity contribution in [1.82, 2.24) is 5.32 Å². The zero-order chi connectivity index (χ0) is 7.40. The van der Waals surface area contributed by atoms with E-state index in [0.717, 1.165) is 13.0 Å². The Bertz CT molecular complexity index is 163. The summed E-state index contributed by atoms with van der Waals surface area (Å²) >= 11 is 0. The fraction of sp³-hybridized carbons (Fsp3) is 0.571. The Balaban J connectivity index is 2.59. The summed E-state index contributed by atoms with van der Waals surface area (Å²) in [6, 6.07) is 0. The molecule has 1 N–H and O–H groups in total. The molecule has 56 valence electrons. The summed E-state index contributed by atoms with van der Waals surface area (Å²) in [5.41, 5.74) is 0. The minimum atomic E-state index is 0.141. The van der Waals surface area contributed by atoms with E-state index in [1.165, 1.54) is 6.08 Å². The van der Waals surface area contributed by atoms with Crippen LogP contribution in [-0.2, 0) is 9.53 Å². The van der Waals surface area contributed by atoms with Crippen LogP contribution in [0.3, 0.4) is 0 Å². The molecule has 1 aliphatic rings. The number of hydrogen-bond donors (Lipinski definition) is 1. The monoisotopic (exact) mass is 141 g/mol. The lowest BCUT2D eigenvalue weighted by Gasteiger charge is -2.03. The topological polar surface area (TPSA) is 38.3 Å². The quantitative estimate of drug-likeness (QED) is 0.575. The molecule has 0 radical (unpaired) electrons. The largest absolute Gasteiger partial charge is 0.482 e. The summed E-state index contributed by atoms with van der Waals surface area (Å²) in [6.45, 7) is 0.825. The van der Waals surface area contributed by atoms with Gasteiger partial charge in [-0.2, -0.15) is 0 Å². The van der Waals surface area contributed by atoms with E-state index in [1.54, 1.807) is 7.11 Å². The van der Waals surface area contributed by atoms with Crippen molar-refractivity contribution in [2.45, 2.75) is 12.8 Å². The van der Waals surface area contributed by atoms with Gasteiger partial charge >= 0.3 is 0 Å². The van der Waals surface area contributed by atoms with Gasteiger partial charge < -0.3 is 10.1 Å². The van der Waals surface area contributed by atoms with Crippen LogP contribution < -0.4 is 5.32 Å². The van der Waals surface area contributed by atoms with E-state index in [0.29, 0.717) is 12.3 Å². The van der Waals surface area contributed by atoms with E-state index in [-0.39, 0.29) is 5.78 Å². The number of hydrogen-bond acceptors (Lipinski definition) is 3. The zero-order valence-corrected chi connectivity index (χ0v) is 6.02. The van der Waals surface area contributed by atoms with E-state index >= 15 is 0 Å². The van der Waals surface area contributed by atoms with Crippen molar-refractivity contribution in [3.63, 3.8) is 0 Å². The Morgan fingerprint density at radius 3 is 3.20 bits per heavy atom. The van der Waals surface area contributed by atoms with Crippen LogP contribution in [-0.4, -0.2) is 19.4 Å². The SMILES string of the molecule is COC1=CC(=O)CCCN1. The summed E-state index contributed by atoms with van der Waals surface area (Å²) in [6.07, 6.45) is 3.02. The van der Waals surface area contributed by atoms with Gasteiger partial charge in [-0.1, -0.05) is 0 Å². The van der Waals surface area contributed by atoms with Gasteiger partial charge in [-0.15, -0.1) is 0 Å². The molecule has 0 aliphatic carbocycles. The van der Waals surface area contributed by atoms with E-state index in [2.05, 4.69) is 5.32 Å². The second-order valence-corrected chi connectivity index (χ2v) is 2.21. The van der Waals surface area contributed by atoms with E-state index in [4.69, 9.17) is 4.74 Å². The fourth-order valence-corrected chi connectivity index (χ4v) is 0.875. The van der Waals surface area contributed by atoms with Gasteiger partial charge in [0.05, 0.1) is 7.11 Å². The Kier molecular flexibility index (Phi) is 2.31. The number of ketones is 1. The Hall–Kier alpha value is -0.990. The average Bonchev–Trinajstić information content (AvgIpc) is 2.13. The Morgan fingerprint density at radius 1 is 1.70 bits per heavy atom. The lowest BCUT2D eigenvalue weighted by molar-refractivity contribution is -0.114. The van der Waals surface area contributed by atoms with Crippen molar-refractivity contribution in [3.8, 4) is 0 Å². The van der Waals surface area contributed by atoms with Crippen LogP contribution in [0, 0.1) is 0 Å². The third kappa shape index (κ3) is 1.76. The highest BCUT2D eigenvalue weighted by molar-refractivity contribution is 5.90. The van der Waals surface area contributed by atoms with Crippen LogP contribution in [0.2, 0.25) is 0 Å². The molecule has 0 atom stereocenters. The molecule has 10 heavy (non-hydrogen) atoms. The number of methoxy groups -OCH3 is 1. The van der Waals surface area contributed by atoms with Gasteiger partial charge in [-0.3, -0.25) is 4.79 Å². The van der Waals surface area contributed by atoms with Crippen LogP contribution in [0.1, 0.15) is 12.8 Å². The van der Waals surface area contributed by atoms with Crippen molar-refractivity contribution in [2.24, 2.45) is 0 Å². The van der Waals surface area contributed by atoms with Crippen LogP contribution in [0.15, 0.2) is 12.0 Å². The maximum atomic E-state index is 10.9. The van der Waals surface area contributed by atoms with Crippen LogP contribution in [0.5, 0.6) is 0 Å². The van der Waals surface area contributed by atoms with Crippen molar-refractivity contribution in [3.05, 3.63) is 12.0 Å². The number of allylic oxidation sites excluding steroid dienone is 1. The van der Waals surface area contributed by atoms with E-state index < -0.39 is 0 Å². The number of nitrogens with one attached hydrogen (secondary N) is 1. The standard InChI is InChI=1S/C7H11NO2/c1-10-7-5-6(9)3-2-4-8-7/h5,8H,2-4H2,1H3. The molecule has 0 bridgehead atoms. The first-order chi connectivity index (χ1) is 4.83. The molecule has 0 spiro atoms. The molecule has 0 fully saturated rings. The summed E-state index contributed by atoms with van der Waals surface area (Å²) in [7, 11) is 1.55. The molecule has 3 nitrogen and oxygen atoms in total. The van der Waals surface area contributed by atoms with Gasteiger partial charge in [0.25, 0.3) is 0 Å². The molecule has 0 unspecified atom stereocenters. The van der Waals surface area contributed by atoms with Gasteiger partial charge in [0, 0.05) is 19.0 Å². The maximum Gasteiger partial charge on any atom is 0.189 e. The highest BCUT2D eigenvalue weighted by Crippen LogP contribution is 2.01. The molecule has 1 aliphatic heterocycles. The molecule has 0 aromatic carbocycles. The molecule has 1 rings (SSSR count). The lowest BCUT2D eigenvalue weighted by atomic mass is 10.2. The number of ether oxygens (including phenoxy) is 1. The molecular formula is C7H11NO2. The van der Waals surface area contributed by atoms with Gasteiger partial charge in [0.2, 0.25) is 0 Å². The second-order valence-electron chi connectivity index (χ2n) is 2.21. The molecule has 3 heteroatoms. The molecular weight excluding hydrogens is 130 g/mol. The van der Waals surface area contributed by atoms with Crippen molar-refractivity contribution < 1.29 is 9.53 Å². The highest BCUT2D eigenvalue weighted by Gasteiger charge is 2.06. The zero-order valence-electron chi connectivity index (χ0n) is 6.02. The third-order valence-electron chi connectivity index (χ3n) is 1.41. The predicted molar refractivity (Wildman–Crippen MR) is 37.3 cm³/mol. The fourth-order valence-electron chi connectivity index (χ4n) is 0.875. The molecule has 0 saturated carbocycles. The number of rotatable bonds is 1. The first-order valence-electron chi connectivity index (χ1n) is 3.35. The lowest BCUT2D eigenvalue weighted by Crippen LogP contribution is -2.13. The van der Waals surface area contributed by atoms with Gasteiger partial charge in [-0.25, -0.2) is 0 Å². The predicted octanol–water partition coefficient (Wildman–Crippen LogP) is 0.427. The van der Waals surface area contributed by atoms with Gasteiger partial charge in [-0.05, 0) is 6.42 Å². The first-order valence-corrected chi connectivity index (χ1v) is 3.35. The minimum absolute atomic E-state index is 0.141. The van der Waals surface area contributed by atoms with Crippen molar-refractivity contribution >= 4 is 5.78 Å². The van der Waals surface area contributed by atoms with Gasteiger partial charge in [0.15, 0.2) is 11.7 Å². The molecule has 0 aromatic heterocycles. The molecule has 0 aromatic rings. The smallest absolute Gasteiger partial charge is 0.189 e. The molecule has 1 heterocycles. The normalized spacial score (nSPS) is 18.9. The van der Waals surface area contributed by atoms with Crippen molar-refractivity contribution in [1.29, 1.82) is 0 Å². The van der Waals surface area contributed by atoms with Crippen molar-refractivity contribution in [2.75, 3.05) is 13.7 Å². The Labute approximate surface area is 60.1 Å². The summed E-state index contributed by atoms with van der Waals surface area (Å²) in [5, 5.41) is 2.98. The Morgan fingerprint density at radius 2 is 2.50 bits per heavy atom. The van der Waals surface area contributed by atoms with Gasteiger partial charge in [0.1, 0.15) is 0 Å². The molecule has 0 saturated heterocycles. The van der Waals surface area contributed by atoms with Crippen LogP contribution in [0.25, 0.3) is 0 Å². The summed E-state index contributed by atoms with van der Waals surface area (Å²) in [4.78, 5) is 10.9. The summed E-state index contributed by atoms with van der Waals surface area (Å²) < 4.78 is 4.87. The second kappa shape index (κ2) is 3.25. The summed E-state index contributed by atoms with van der Waals surface area (Å²) in [5.74, 6) is 0.726. The van der Waals surface area contributed by atoms with E-state index in [1.807, 2.05) is 0 Å². The average molecular weight is 141 g/mol. The number of carbonyl (C=O) groups is 1.